The molecule has 2 aliphatic rings. The lowest BCUT2D eigenvalue weighted by Gasteiger charge is -2.18. The number of benzene rings is 1. The SMILES string of the molecule is O=C(Nc1ccccc1CN1CCCC1)C1CC=CC1. The zero-order chi connectivity index (χ0) is 13.8. The van der Waals surface area contributed by atoms with Crippen molar-refractivity contribution in [1.82, 2.24) is 4.90 Å². The molecule has 1 saturated heterocycles. The Balaban J connectivity index is 1.67. The van der Waals surface area contributed by atoms with Crippen LogP contribution < -0.4 is 5.32 Å². The number of allylic oxidation sites excluding steroid dienone is 2. The van der Waals surface area contributed by atoms with Gasteiger partial charge >= 0.3 is 0 Å². The number of carbonyl (C=O) groups excluding carboxylic acids is 1. The monoisotopic (exact) mass is 270 g/mol. The Morgan fingerprint density at radius 3 is 2.60 bits per heavy atom. The second-order valence-electron chi connectivity index (χ2n) is 5.77. The topological polar surface area (TPSA) is 32.3 Å². The zero-order valence-corrected chi connectivity index (χ0v) is 11.8. The van der Waals surface area contributed by atoms with Crippen molar-refractivity contribution in [3.8, 4) is 0 Å². The predicted molar refractivity (Wildman–Crippen MR) is 81.4 cm³/mol. The predicted octanol–water partition coefficient (Wildman–Crippen LogP) is 3.19. The molecule has 0 radical (unpaired) electrons. The molecule has 0 spiro atoms. The summed E-state index contributed by atoms with van der Waals surface area (Å²) in [5.41, 5.74) is 2.21. The van der Waals surface area contributed by atoms with Gasteiger partial charge in [-0.05, 0) is 50.4 Å². The molecule has 1 amide bonds. The van der Waals surface area contributed by atoms with Gasteiger partial charge in [0.15, 0.2) is 0 Å². The van der Waals surface area contributed by atoms with E-state index in [0.717, 1.165) is 25.1 Å². The number of rotatable bonds is 4. The van der Waals surface area contributed by atoms with E-state index >= 15 is 0 Å². The largest absolute Gasteiger partial charge is 0.326 e. The summed E-state index contributed by atoms with van der Waals surface area (Å²) in [6, 6.07) is 8.20. The first-order valence-corrected chi connectivity index (χ1v) is 7.59. The molecule has 20 heavy (non-hydrogen) atoms. The number of carbonyl (C=O) groups is 1. The minimum atomic E-state index is 0.120. The first-order chi connectivity index (χ1) is 9.83. The van der Waals surface area contributed by atoms with Gasteiger partial charge in [-0.2, -0.15) is 0 Å². The van der Waals surface area contributed by atoms with Gasteiger partial charge in [0.2, 0.25) is 5.91 Å². The number of nitrogens with zero attached hydrogens (tertiary/aromatic N) is 1. The van der Waals surface area contributed by atoms with E-state index in [9.17, 15) is 4.79 Å². The van der Waals surface area contributed by atoms with Crippen LogP contribution in [0.4, 0.5) is 5.69 Å². The maximum Gasteiger partial charge on any atom is 0.228 e. The smallest absolute Gasteiger partial charge is 0.228 e. The maximum absolute atomic E-state index is 12.2. The van der Waals surface area contributed by atoms with Gasteiger partial charge in [-0.1, -0.05) is 30.4 Å². The minimum Gasteiger partial charge on any atom is -0.326 e. The van der Waals surface area contributed by atoms with Gasteiger partial charge < -0.3 is 5.32 Å². The first-order valence-electron chi connectivity index (χ1n) is 7.59. The zero-order valence-electron chi connectivity index (χ0n) is 11.8. The third-order valence-electron chi connectivity index (χ3n) is 4.25. The number of likely N-dealkylation sites (tertiary alicyclic amines) is 1. The molecular formula is C17H22N2O. The molecule has 106 valence electrons. The third kappa shape index (κ3) is 3.10. The van der Waals surface area contributed by atoms with E-state index in [2.05, 4.69) is 34.5 Å². The van der Waals surface area contributed by atoms with Crippen LogP contribution in [0.1, 0.15) is 31.2 Å². The van der Waals surface area contributed by atoms with Crippen molar-refractivity contribution >= 4 is 11.6 Å². The van der Waals surface area contributed by atoms with E-state index in [0.29, 0.717) is 0 Å². The minimum absolute atomic E-state index is 0.120. The number of hydrogen-bond acceptors (Lipinski definition) is 2. The van der Waals surface area contributed by atoms with Crippen molar-refractivity contribution in [2.75, 3.05) is 18.4 Å². The van der Waals surface area contributed by atoms with Gasteiger partial charge in [0.1, 0.15) is 0 Å². The fourth-order valence-corrected chi connectivity index (χ4v) is 3.03. The summed E-state index contributed by atoms with van der Waals surface area (Å²) in [5, 5.41) is 3.12. The molecule has 3 nitrogen and oxygen atoms in total. The average molecular weight is 270 g/mol. The Labute approximate surface area is 120 Å². The molecule has 1 aliphatic carbocycles. The lowest BCUT2D eigenvalue weighted by molar-refractivity contribution is -0.119. The van der Waals surface area contributed by atoms with E-state index < -0.39 is 0 Å². The van der Waals surface area contributed by atoms with Crippen molar-refractivity contribution in [2.24, 2.45) is 5.92 Å². The fraction of sp³-hybridized carbons (Fsp3) is 0.471. The van der Waals surface area contributed by atoms with Crippen LogP contribution in [0, 0.1) is 5.92 Å². The normalized spacial score (nSPS) is 19.6. The molecule has 1 aromatic rings. The lowest BCUT2D eigenvalue weighted by Crippen LogP contribution is -2.23. The Hall–Kier alpha value is -1.61. The quantitative estimate of drug-likeness (QED) is 0.852. The molecule has 0 aromatic heterocycles. The van der Waals surface area contributed by atoms with Crippen LogP contribution in [0.15, 0.2) is 36.4 Å². The van der Waals surface area contributed by atoms with Crippen molar-refractivity contribution in [2.45, 2.75) is 32.2 Å². The standard InChI is InChI=1S/C17H22N2O/c20-17(14-7-1-2-8-14)18-16-10-4-3-9-15(16)13-19-11-5-6-12-19/h1-4,9-10,14H,5-8,11-13H2,(H,18,20). The second kappa shape index (κ2) is 6.23. The molecule has 1 aliphatic heterocycles. The Morgan fingerprint density at radius 2 is 1.85 bits per heavy atom. The lowest BCUT2D eigenvalue weighted by atomic mass is 10.1. The molecule has 1 N–H and O–H groups in total. The van der Waals surface area contributed by atoms with Crippen LogP contribution in [0.5, 0.6) is 0 Å². The number of amides is 1. The van der Waals surface area contributed by atoms with Gasteiger partial charge in [-0.25, -0.2) is 0 Å². The van der Waals surface area contributed by atoms with E-state index in [1.165, 1.54) is 31.5 Å². The Kier molecular flexibility index (Phi) is 4.16. The molecular weight excluding hydrogens is 248 g/mol. The van der Waals surface area contributed by atoms with Crippen LogP contribution in [0.2, 0.25) is 0 Å². The highest BCUT2D eigenvalue weighted by Gasteiger charge is 2.20. The molecule has 1 aromatic carbocycles. The highest BCUT2D eigenvalue weighted by molar-refractivity contribution is 5.93. The molecule has 3 rings (SSSR count). The number of anilines is 1. The molecule has 0 bridgehead atoms. The summed E-state index contributed by atoms with van der Waals surface area (Å²) in [6.07, 6.45) is 8.53. The van der Waals surface area contributed by atoms with Gasteiger partial charge in [-0.15, -0.1) is 0 Å². The Morgan fingerprint density at radius 1 is 1.15 bits per heavy atom. The summed E-state index contributed by atoms with van der Waals surface area (Å²) in [7, 11) is 0. The highest BCUT2D eigenvalue weighted by Crippen LogP contribution is 2.23. The molecule has 0 saturated carbocycles. The van der Waals surface area contributed by atoms with Crippen LogP contribution >= 0.6 is 0 Å². The van der Waals surface area contributed by atoms with E-state index in [4.69, 9.17) is 0 Å². The summed E-state index contributed by atoms with van der Waals surface area (Å²) < 4.78 is 0. The van der Waals surface area contributed by atoms with Gasteiger partial charge in [0, 0.05) is 18.2 Å². The second-order valence-corrected chi connectivity index (χ2v) is 5.77. The van der Waals surface area contributed by atoms with Crippen LogP contribution in [-0.4, -0.2) is 23.9 Å². The summed E-state index contributed by atoms with van der Waals surface area (Å²) in [6.45, 7) is 3.29. The van der Waals surface area contributed by atoms with Gasteiger partial charge in [0.25, 0.3) is 0 Å². The van der Waals surface area contributed by atoms with Crippen molar-refractivity contribution in [3.05, 3.63) is 42.0 Å². The number of hydrogen-bond donors (Lipinski definition) is 1. The first kappa shape index (κ1) is 13.4. The van der Waals surface area contributed by atoms with Crippen molar-refractivity contribution in [3.63, 3.8) is 0 Å². The Bertz CT molecular complexity index is 495. The molecule has 0 atom stereocenters. The number of nitrogens with one attached hydrogen (secondary N) is 1. The van der Waals surface area contributed by atoms with E-state index in [1.807, 2.05) is 12.1 Å². The van der Waals surface area contributed by atoms with E-state index in [1.54, 1.807) is 0 Å². The van der Waals surface area contributed by atoms with E-state index in [-0.39, 0.29) is 11.8 Å². The van der Waals surface area contributed by atoms with Crippen LogP contribution in [-0.2, 0) is 11.3 Å². The third-order valence-corrected chi connectivity index (χ3v) is 4.25. The average Bonchev–Trinajstić information content (AvgIpc) is 3.13. The van der Waals surface area contributed by atoms with Crippen molar-refractivity contribution < 1.29 is 4.79 Å². The van der Waals surface area contributed by atoms with Crippen LogP contribution in [0.3, 0.4) is 0 Å². The molecule has 1 fully saturated rings. The summed E-state index contributed by atoms with van der Waals surface area (Å²) in [5.74, 6) is 0.277. The summed E-state index contributed by atoms with van der Waals surface area (Å²) in [4.78, 5) is 14.7. The number of para-hydroxylation sites is 1. The fourth-order valence-electron chi connectivity index (χ4n) is 3.03. The van der Waals surface area contributed by atoms with Crippen LogP contribution in [0.25, 0.3) is 0 Å². The van der Waals surface area contributed by atoms with Crippen molar-refractivity contribution in [1.29, 1.82) is 0 Å². The summed E-state index contributed by atoms with van der Waals surface area (Å²) >= 11 is 0. The highest BCUT2D eigenvalue weighted by atomic mass is 16.1. The molecule has 1 heterocycles. The van der Waals surface area contributed by atoms with Gasteiger partial charge in [-0.3, -0.25) is 9.69 Å². The molecule has 0 unspecified atom stereocenters. The maximum atomic E-state index is 12.2. The van der Waals surface area contributed by atoms with Gasteiger partial charge in [0.05, 0.1) is 0 Å². The molecule has 3 heteroatoms.